The summed E-state index contributed by atoms with van der Waals surface area (Å²) in [4.78, 5) is 0. The molecule has 7 heteroatoms. The molecule has 1 aromatic carbocycles. The zero-order valence-electron chi connectivity index (χ0n) is 16.4. The molecule has 0 aliphatic heterocycles. The van der Waals surface area contributed by atoms with Crippen molar-refractivity contribution >= 4 is 20.2 Å². The standard InChI is InChI=1S/C12H17ClO2.C6H15O3P/c1-8(2)12-10(14-3)5-9(7-13)6-11(12)15-4;1-4-7-10(8-5-2)9-6-3/h5-6,8H,7H2,1-4H3;4-6H2,1-3H3. The third kappa shape index (κ3) is 9.07. The van der Waals surface area contributed by atoms with Crippen molar-refractivity contribution in [3.05, 3.63) is 23.3 Å². The average molecular weight is 395 g/mol. The Morgan fingerprint density at radius 1 is 0.880 bits per heavy atom. The van der Waals surface area contributed by atoms with Gasteiger partial charge in [0.2, 0.25) is 0 Å². The number of ether oxygens (including phenoxy) is 2. The molecule has 25 heavy (non-hydrogen) atoms. The number of methoxy groups -OCH3 is 2. The van der Waals surface area contributed by atoms with Gasteiger partial charge in [-0.3, -0.25) is 0 Å². The fourth-order valence-corrected chi connectivity index (χ4v) is 3.08. The molecule has 0 radical (unpaired) electrons. The first-order valence-corrected chi connectivity index (χ1v) is 10.1. The topological polar surface area (TPSA) is 46.2 Å². The van der Waals surface area contributed by atoms with Crippen molar-refractivity contribution in [2.24, 2.45) is 0 Å². The molecule has 0 N–H and O–H groups in total. The lowest BCUT2D eigenvalue weighted by Gasteiger charge is -2.17. The van der Waals surface area contributed by atoms with Gasteiger partial charge in [-0.1, -0.05) is 13.8 Å². The van der Waals surface area contributed by atoms with E-state index in [1.54, 1.807) is 14.2 Å². The van der Waals surface area contributed by atoms with Crippen LogP contribution in [-0.2, 0) is 19.5 Å². The molecule has 146 valence electrons. The van der Waals surface area contributed by atoms with Gasteiger partial charge in [-0.15, -0.1) is 11.6 Å². The Morgan fingerprint density at radius 2 is 1.28 bits per heavy atom. The summed E-state index contributed by atoms with van der Waals surface area (Å²) in [5.74, 6) is 2.52. The third-order valence-corrected chi connectivity index (χ3v) is 4.75. The fourth-order valence-electron chi connectivity index (χ4n) is 2.07. The van der Waals surface area contributed by atoms with E-state index in [1.165, 1.54) is 0 Å². The molecule has 0 heterocycles. The van der Waals surface area contributed by atoms with E-state index in [1.807, 2.05) is 32.9 Å². The molecule has 0 aliphatic carbocycles. The normalized spacial score (nSPS) is 10.6. The van der Waals surface area contributed by atoms with E-state index in [9.17, 15) is 0 Å². The molecule has 1 aromatic rings. The lowest BCUT2D eigenvalue weighted by Crippen LogP contribution is -2.00. The maximum Gasteiger partial charge on any atom is 0.332 e. The predicted molar refractivity (Wildman–Crippen MR) is 105 cm³/mol. The number of hydrogen-bond donors (Lipinski definition) is 0. The van der Waals surface area contributed by atoms with Crippen LogP contribution in [0.5, 0.6) is 11.5 Å². The molecule has 0 saturated heterocycles. The summed E-state index contributed by atoms with van der Waals surface area (Å²) < 4.78 is 26.1. The molecule has 5 nitrogen and oxygen atoms in total. The Morgan fingerprint density at radius 3 is 1.52 bits per heavy atom. The lowest BCUT2D eigenvalue weighted by atomic mass is 9.99. The average Bonchev–Trinajstić information content (AvgIpc) is 2.61. The van der Waals surface area contributed by atoms with E-state index < -0.39 is 8.60 Å². The van der Waals surface area contributed by atoms with Crippen molar-refractivity contribution in [2.75, 3.05) is 34.0 Å². The number of hydrogen-bond acceptors (Lipinski definition) is 5. The largest absolute Gasteiger partial charge is 0.496 e. The first kappa shape index (κ1) is 24.4. The molecule has 0 unspecified atom stereocenters. The molecule has 0 saturated carbocycles. The monoisotopic (exact) mass is 394 g/mol. The van der Waals surface area contributed by atoms with Crippen LogP contribution in [0.4, 0.5) is 0 Å². The zero-order valence-corrected chi connectivity index (χ0v) is 18.1. The van der Waals surface area contributed by atoms with Crippen molar-refractivity contribution in [3.8, 4) is 11.5 Å². The van der Waals surface area contributed by atoms with Gasteiger partial charge in [-0.25, -0.2) is 0 Å². The smallest absolute Gasteiger partial charge is 0.332 e. The van der Waals surface area contributed by atoms with Gasteiger partial charge in [0.05, 0.1) is 34.0 Å². The second-order valence-electron chi connectivity index (χ2n) is 5.18. The Kier molecular flexibility index (Phi) is 14.2. The van der Waals surface area contributed by atoms with Gasteiger partial charge in [0, 0.05) is 11.4 Å². The van der Waals surface area contributed by atoms with Gasteiger partial charge >= 0.3 is 8.60 Å². The van der Waals surface area contributed by atoms with E-state index in [-0.39, 0.29) is 0 Å². The van der Waals surface area contributed by atoms with Crippen LogP contribution in [0, 0.1) is 0 Å². The molecule has 0 atom stereocenters. The highest BCUT2D eigenvalue weighted by molar-refractivity contribution is 7.41. The number of halogens is 1. The minimum absolute atomic E-state index is 0.360. The predicted octanol–water partition coefficient (Wildman–Crippen LogP) is 5.89. The van der Waals surface area contributed by atoms with Crippen molar-refractivity contribution < 1.29 is 23.0 Å². The minimum Gasteiger partial charge on any atom is -0.496 e. The van der Waals surface area contributed by atoms with Gasteiger partial charge in [0.25, 0.3) is 0 Å². The second kappa shape index (κ2) is 14.6. The van der Waals surface area contributed by atoms with E-state index in [0.29, 0.717) is 31.6 Å². The molecule has 0 bridgehead atoms. The zero-order chi connectivity index (χ0) is 19.2. The van der Waals surface area contributed by atoms with Gasteiger partial charge in [0.15, 0.2) is 0 Å². The van der Waals surface area contributed by atoms with Crippen LogP contribution in [-0.4, -0.2) is 34.0 Å². The third-order valence-electron chi connectivity index (χ3n) is 3.04. The number of benzene rings is 1. The highest BCUT2D eigenvalue weighted by Crippen LogP contribution is 2.38. The minimum atomic E-state index is -1.06. The van der Waals surface area contributed by atoms with Gasteiger partial charge in [0.1, 0.15) is 11.5 Å². The van der Waals surface area contributed by atoms with Gasteiger partial charge in [-0.2, -0.15) is 0 Å². The van der Waals surface area contributed by atoms with Crippen molar-refractivity contribution in [1.82, 2.24) is 0 Å². The summed E-state index contributed by atoms with van der Waals surface area (Å²) in [6.45, 7) is 11.9. The summed E-state index contributed by atoms with van der Waals surface area (Å²) in [6.07, 6.45) is 0. The molecule has 0 amide bonds. The molecular formula is C18H32ClO5P. The van der Waals surface area contributed by atoms with Crippen molar-refractivity contribution in [1.29, 1.82) is 0 Å². The van der Waals surface area contributed by atoms with E-state index >= 15 is 0 Å². The van der Waals surface area contributed by atoms with E-state index in [4.69, 9.17) is 34.6 Å². The van der Waals surface area contributed by atoms with Crippen LogP contribution in [0.2, 0.25) is 0 Å². The van der Waals surface area contributed by atoms with Gasteiger partial charge in [-0.05, 0) is 44.4 Å². The molecular weight excluding hydrogens is 363 g/mol. The Bertz CT molecular complexity index is 432. The van der Waals surface area contributed by atoms with Crippen molar-refractivity contribution in [2.45, 2.75) is 46.4 Å². The number of rotatable bonds is 10. The first-order valence-electron chi connectivity index (χ1n) is 8.48. The van der Waals surface area contributed by atoms with Crippen LogP contribution < -0.4 is 9.47 Å². The Labute approximate surface area is 158 Å². The second-order valence-corrected chi connectivity index (χ2v) is 6.67. The summed E-state index contributed by atoms with van der Waals surface area (Å²) in [5, 5.41) is 0. The summed E-state index contributed by atoms with van der Waals surface area (Å²) in [7, 11) is 2.27. The van der Waals surface area contributed by atoms with Crippen molar-refractivity contribution in [3.63, 3.8) is 0 Å². The molecule has 1 rings (SSSR count). The maximum atomic E-state index is 5.81. The van der Waals surface area contributed by atoms with Crippen LogP contribution in [0.1, 0.15) is 51.7 Å². The maximum absolute atomic E-state index is 5.81. The van der Waals surface area contributed by atoms with Crippen LogP contribution in [0.3, 0.4) is 0 Å². The van der Waals surface area contributed by atoms with Gasteiger partial charge < -0.3 is 23.0 Å². The Hall–Kier alpha value is -0.580. The quantitative estimate of drug-likeness (QED) is 0.366. The van der Waals surface area contributed by atoms with E-state index in [2.05, 4.69) is 13.8 Å². The highest BCUT2D eigenvalue weighted by Gasteiger charge is 2.15. The Balaban J connectivity index is 0.000000504. The summed E-state index contributed by atoms with van der Waals surface area (Å²) in [5.41, 5.74) is 2.10. The highest BCUT2D eigenvalue weighted by atomic mass is 35.5. The first-order chi connectivity index (χ1) is 12.0. The molecule has 0 fully saturated rings. The molecule has 0 aliphatic rings. The summed E-state index contributed by atoms with van der Waals surface area (Å²) in [6, 6.07) is 3.93. The summed E-state index contributed by atoms with van der Waals surface area (Å²) >= 11 is 5.81. The molecule has 0 aromatic heterocycles. The van der Waals surface area contributed by atoms with Crippen LogP contribution in [0.25, 0.3) is 0 Å². The SMILES string of the molecule is CCOP(OCC)OCC.COc1cc(CCl)cc(OC)c1C(C)C. The lowest BCUT2D eigenvalue weighted by molar-refractivity contribution is 0.176. The van der Waals surface area contributed by atoms with Crippen LogP contribution in [0.15, 0.2) is 12.1 Å². The molecule has 0 spiro atoms. The fraction of sp³-hybridized carbons (Fsp3) is 0.667. The number of alkyl halides is 1. The van der Waals surface area contributed by atoms with E-state index in [0.717, 1.165) is 22.6 Å². The van der Waals surface area contributed by atoms with Crippen LogP contribution >= 0.6 is 20.2 Å².